The van der Waals surface area contributed by atoms with Gasteiger partial charge in [0.25, 0.3) is 0 Å². The van der Waals surface area contributed by atoms with Gasteiger partial charge >= 0.3 is 0 Å². The summed E-state index contributed by atoms with van der Waals surface area (Å²) in [6.45, 7) is 0.611. The summed E-state index contributed by atoms with van der Waals surface area (Å²) in [5.41, 5.74) is 7.04. The van der Waals surface area contributed by atoms with Crippen LogP contribution in [0.15, 0.2) is 60.7 Å². The van der Waals surface area contributed by atoms with Gasteiger partial charge in [-0.25, -0.2) is 8.78 Å². The molecule has 0 aliphatic rings. The van der Waals surface area contributed by atoms with Gasteiger partial charge in [-0.2, -0.15) is 0 Å². The van der Waals surface area contributed by atoms with E-state index in [1.54, 1.807) is 0 Å². The highest BCUT2D eigenvalue weighted by Crippen LogP contribution is 2.11. The first kappa shape index (κ1) is 22.2. The summed E-state index contributed by atoms with van der Waals surface area (Å²) in [6.07, 6.45) is -2.44. The first-order valence-electron chi connectivity index (χ1n) is 8.59. The smallest absolute Gasteiger partial charge is 0.136 e. The summed E-state index contributed by atoms with van der Waals surface area (Å²) in [6, 6.07) is 20.0. The second kappa shape index (κ2) is 13.4. The fraction of sp³-hybridized carbons (Fsp3) is 0.400. The Kier molecular flexibility index (Phi) is 11.4. The van der Waals surface area contributed by atoms with Crippen LogP contribution in [0.4, 0.5) is 8.78 Å². The lowest BCUT2D eigenvalue weighted by Crippen LogP contribution is -2.31. The maximum atomic E-state index is 13.5. The van der Waals surface area contributed by atoms with Crippen molar-refractivity contribution >= 4 is 0 Å². The van der Waals surface area contributed by atoms with E-state index in [1.165, 1.54) is 0 Å². The van der Waals surface area contributed by atoms with Crippen molar-refractivity contribution in [1.29, 1.82) is 0 Å². The maximum absolute atomic E-state index is 13.5. The summed E-state index contributed by atoms with van der Waals surface area (Å²) >= 11 is 0. The third kappa shape index (κ3) is 9.58. The molecule has 0 saturated carbocycles. The van der Waals surface area contributed by atoms with Gasteiger partial charge in [-0.15, -0.1) is 0 Å². The van der Waals surface area contributed by atoms with E-state index in [9.17, 15) is 8.78 Å². The molecule has 4 N–H and O–H groups in total. The summed E-state index contributed by atoms with van der Waals surface area (Å²) in [5, 5.41) is 16.8. The summed E-state index contributed by atoms with van der Waals surface area (Å²) < 4.78 is 25.0. The molecule has 2 aromatic carbocycles. The Morgan fingerprint density at radius 2 is 1.19 bits per heavy atom. The highest BCUT2D eigenvalue weighted by molar-refractivity contribution is 5.17. The molecule has 6 heteroatoms. The van der Waals surface area contributed by atoms with Crippen molar-refractivity contribution in [3.63, 3.8) is 0 Å². The van der Waals surface area contributed by atoms with Crippen LogP contribution in [-0.4, -0.2) is 53.8 Å². The SMILES string of the molecule is NCC(F)CO.OC[C@@H](F)CN(Cc1ccccc1)Cc1ccccc1. The third-order valence-corrected chi connectivity index (χ3v) is 3.61. The Morgan fingerprint density at radius 1 is 0.769 bits per heavy atom. The quantitative estimate of drug-likeness (QED) is 0.637. The molecule has 2 aromatic rings. The molecule has 2 atom stereocenters. The molecule has 1 unspecified atom stereocenters. The van der Waals surface area contributed by atoms with Crippen LogP contribution in [0.3, 0.4) is 0 Å². The van der Waals surface area contributed by atoms with Crippen LogP contribution in [0.25, 0.3) is 0 Å². The first-order valence-corrected chi connectivity index (χ1v) is 8.59. The molecule has 2 rings (SSSR count). The van der Waals surface area contributed by atoms with Crippen LogP contribution < -0.4 is 5.73 Å². The molecular weight excluding hydrogens is 338 g/mol. The van der Waals surface area contributed by atoms with Gasteiger partial charge in [0, 0.05) is 26.2 Å². The second-order valence-corrected chi connectivity index (χ2v) is 5.94. The molecule has 144 valence electrons. The number of rotatable bonds is 9. The number of aliphatic hydroxyl groups is 2. The van der Waals surface area contributed by atoms with Gasteiger partial charge < -0.3 is 15.9 Å². The second-order valence-electron chi connectivity index (χ2n) is 5.94. The van der Waals surface area contributed by atoms with E-state index in [0.29, 0.717) is 13.1 Å². The van der Waals surface area contributed by atoms with E-state index in [4.69, 9.17) is 15.9 Å². The van der Waals surface area contributed by atoms with Crippen LogP contribution in [0.1, 0.15) is 11.1 Å². The Balaban J connectivity index is 0.000000487. The molecule has 0 aliphatic carbocycles. The number of nitrogens with two attached hydrogens (primary N) is 1. The van der Waals surface area contributed by atoms with Gasteiger partial charge in [0.05, 0.1) is 13.2 Å². The Hall–Kier alpha value is -1.86. The van der Waals surface area contributed by atoms with Crippen molar-refractivity contribution < 1.29 is 19.0 Å². The van der Waals surface area contributed by atoms with E-state index < -0.39 is 25.6 Å². The van der Waals surface area contributed by atoms with E-state index in [0.717, 1.165) is 11.1 Å². The number of aliphatic hydroxyl groups excluding tert-OH is 2. The average molecular weight is 366 g/mol. The van der Waals surface area contributed by atoms with Crippen LogP contribution in [0.2, 0.25) is 0 Å². The fourth-order valence-corrected chi connectivity index (χ4v) is 2.28. The summed E-state index contributed by atoms with van der Waals surface area (Å²) in [7, 11) is 0. The van der Waals surface area contributed by atoms with Crippen molar-refractivity contribution in [1.82, 2.24) is 4.90 Å². The van der Waals surface area contributed by atoms with E-state index in [2.05, 4.69) is 0 Å². The fourth-order valence-electron chi connectivity index (χ4n) is 2.28. The highest BCUT2D eigenvalue weighted by Gasteiger charge is 2.13. The predicted molar refractivity (Wildman–Crippen MR) is 100 cm³/mol. The zero-order valence-corrected chi connectivity index (χ0v) is 14.8. The Morgan fingerprint density at radius 3 is 1.50 bits per heavy atom. The monoisotopic (exact) mass is 366 g/mol. The maximum Gasteiger partial charge on any atom is 0.136 e. The number of halogens is 2. The van der Waals surface area contributed by atoms with E-state index >= 15 is 0 Å². The summed E-state index contributed by atoms with van der Waals surface area (Å²) in [4.78, 5) is 2.02. The molecule has 0 spiro atoms. The number of nitrogens with zero attached hydrogens (tertiary/aromatic N) is 1. The molecule has 0 aromatic heterocycles. The molecule has 0 bridgehead atoms. The lowest BCUT2D eigenvalue weighted by Gasteiger charge is -2.23. The highest BCUT2D eigenvalue weighted by atomic mass is 19.1. The number of benzene rings is 2. The average Bonchev–Trinajstić information content (AvgIpc) is 2.69. The molecular formula is C20H28F2N2O2. The largest absolute Gasteiger partial charge is 0.393 e. The van der Waals surface area contributed by atoms with Crippen molar-refractivity contribution in [3.8, 4) is 0 Å². The predicted octanol–water partition coefficient (Wildman–Crippen LogP) is 2.29. The molecule has 0 fully saturated rings. The van der Waals surface area contributed by atoms with Crippen LogP contribution in [0.5, 0.6) is 0 Å². The third-order valence-electron chi connectivity index (χ3n) is 3.61. The first-order chi connectivity index (χ1) is 12.6. The zero-order chi connectivity index (χ0) is 19.2. The minimum Gasteiger partial charge on any atom is -0.393 e. The molecule has 0 saturated heterocycles. The minimum atomic E-state index is -1.23. The molecule has 0 amide bonds. The number of alkyl halides is 2. The molecule has 0 aliphatic heterocycles. The molecule has 4 nitrogen and oxygen atoms in total. The van der Waals surface area contributed by atoms with Gasteiger partial charge in [-0.3, -0.25) is 4.90 Å². The molecule has 26 heavy (non-hydrogen) atoms. The van der Waals surface area contributed by atoms with E-state index in [-0.39, 0.29) is 13.1 Å². The van der Waals surface area contributed by atoms with Crippen molar-refractivity contribution in [3.05, 3.63) is 71.8 Å². The van der Waals surface area contributed by atoms with Crippen LogP contribution >= 0.6 is 0 Å². The van der Waals surface area contributed by atoms with E-state index in [1.807, 2.05) is 65.6 Å². The van der Waals surface area contributed by atoms with Crippen LogP contribution in [-0.2, 0) is 13.1 Å². The lowest BCUT2D eigenvalue weighted by molar-refractivity contribution is 0.119. The number of hydrogen-bond acceptors (Lipinski definition) is 4. The normalized spacial score (nSPS) is 13.0. The van der Waals surface area contributed by atoms with Gasteiger partial charge in [-0.1, -0.05) is 60.7 Å². The standard InChI is InChI=1S/C17H20FNO.C3H8FNO/c18-17(14-20)13-19(11-15-7-3-1-4-8-15)12-16-9-5-2-6-10-16;4-3(1-5)2-6/h1-10,17,20H,11-14H2;3,6H,1-2,5H2/t17-;/m0./s1. The van der Waals surface area contributed by atoms with Gasteiger partial charge in [-0.05, 0) is 11.1 Å². The van der Waals surface area contributed by atoms with Crippen LogP contribution in [0, 0.1) is 0 Å². The zero-order valence-electron chi connectivity index (χ0n) is 14.8. The lowest BCUT2D eigenvalue weighted by atomic mass is 10.1. The van der Waals surface area contributed by atoms with Gasteiger partial charge in [0.2, 0.25) is 0 Å². The van der Waals surface area contributed by atoms with Crippen molar-refractivity contribution in [2.24, 2.45) is 5.73 Å². The minimum absolute atomic E-state index is 0.0868. The topological polar surface area (TPSA) is 69.7 Å². The van der Waals surface area contributed by atoms with Gasteiger partial charge in [0.1, 0.15) is 12.3 Å². The summed E-state index contributed by atoms with van der Waals surface area (Å²) in [5.74, 6) is 0. The van der Waals surface area contributed by atoms with Crippen molar-refractivity contribution in [2.75, 3.05) is 26.3 Å². The Bertz CT molecular complexity index is 527. The number of hydrogen-bond donors (Lipinski definition) is 3. The van der Waals surface area contributed by atoms with Crippen molar-refractivity contribution in [2.45, 2.75) is 25.4 Å². The molecule has 0 heterocycles. The molecule has 0 radical (unpaired) electrons. The Labute approximate surface area is 153 Å². The van der Waals surface area contributed by atoms with Gasteiger partial charge in [0.15, 0.2) is 0 Å².